The van der Waals surface area contributed by atoms with Gasteiger partial charge in [-0.2, -0.15) is 0 Å². The summed E-state index contributed by atoms with van der Waals surface area (Å²) in [5, 5.41) is 8.92. The van der Waals surface area contributed by atoms with Crippen LogP contribution in [0.4, 0.5) is 0 Å². The van der Waals surface area contributed by atoms with Crippen LogP contribution in [0.2, 0.25) is 0 Å². The fourth-order valence-electron chi connectivity index (χ4n) is 0.804. The molecule has 0 aliphatic carbocycles. The molecule has 14 heavy (non-hydrogen) atoms. The van der Waals surface area contributed by atoms with E-state index in [1.54, 1.807) is 13.8 Å². The Kier molecular flexibility index (Phi) is 5.03. The second-order valence-corrected chi connectivity index (χ2v) is 5.29. The summed E-state index contributed by atoms with van der Waals surface area (Å²) in [6.45, 7) is 3.14. The Labute approximate surface area is 83.5 Å². The van der Waals surface area contributed by atoms with Gasteiger partial charge in [0, 0.05) is 6.54 Å². The number of aliphatic hydroxyl groups excluding tert-OH is 1. The molecule has 0 bridgehead atoms. The van der Waals surface area contributed by atoms with Gasteiger partial charge in [-0.1, -0.05) is 13.8 Å². The number of rotatable bonds is 6. The van der Waals surface area contributed by atoms with Crippen molar-refractivity contribution in [2.24, 2.45) is 11.7 Å². The van der Waals surface area contributed by atoms with Gasteiger partial charge in [0.1, 0.15) is 6.10 Å². The molecule has 7 heteroatoms. The van der Waals surface area contributed by atoms with E-state index < -0.39 is 22.0 Å². The molecule has 0 aromatic heterocycles. The third-order valence-corrected chi connectivity index (χ3v) is 3.09. The van der Waals surface area contributed by atoms with Crippen molar-refractivity contribution >= 4 is 15.9 Å². The molecule has 0 radical (unpaired) electrons. The molecule has 0 saturated heterocycles. The predicted octanol–water partition coefficient (Wildman–Crippen LogP) is -1.59. The summed E-state index contributed by atoms with van der Waals surface area (Å²) in [4.78, 5) is 10.4. The number of primary amides is 1. The van der Waals surface area contributed by atoms with E-state index in [4.69, 9.17) is 10.8 Å². The van der Waals surface area contributed by atoms with Crippen molar-refractivity contribution in [1.29, 1.82) is 0 Å². The number of carbonyl (C=O) groups is 1. The SMILES string of the molecule is CC(C)CS(=O)(=O)NCC(O)C(N)=O. The van der Waals surface area contributed by atoms with Crippen LogP contribution in [0.1, 0.15) is 13.8 Å². The highest BCUT2D eigenvalue weighted by atomic mass is 32.2. The van der Waals surface area contributed by atoms with E-state index in [9.17, 15) is 13.2 Å². The van der Waals surface area contributed by atoms with E-state index >= 15 is 0 Å². The minimum Gasteiger partial charge on any atom is -0.382 e. The van der Waals surface area contributed by atoms with E-state index in [0.717, 1.165) is 0 Å². The molecular formula is C7H16N2O4S. The van der Waals surface area contributed by atoms with Crippen LogP contribution in [0, 0.1) is 5.92 Å². The average molecular weight is 224 g/mol. The summed E-state index contributed by atoms with van der Waals surface area (Å²) < 4.78 is 24.5. The fourth-order valence-corrected chi connectivity index (χ4v) is 2.21. The lowest BCUT2D eigenvalue weighted by atomic mass is 10.3. The van der Waals surface area contributed by atoms with Gasteiger partial charge in [0.2, 0.25) is 15.9 Å². The Bertz CT molecular complexity index is 286. The number of amides is 1. The summed E-state index contributed by atoms with van der Waals surface area (Å²) in [5.74, 6) is -1.01. The van der Waals surface area contributed by atoms with Crippen LogP contribution in [0.25, 0.3) is 0 Å². The second-order valence-electron chi connectivity index (χ2n) is 3.44. The molecule has 0 aliphatic rings. The number of nitrogens with two attached hydrogens (primary N) is 1. The van der Waals surface area contributed by atoms with E-state index in [2.05, 4.69) is 4.72 Å². The minimum atomic E-state index is -3.43. The Morgan fingerprint density at radius 1 is 1.50 bits per heavy atom. The largest absolute Gasteiger partial charge is 0.382 e. The summed E-state index contributed by atoms with van der Waals surface area (Å²) >= 11 is 0. The molecule has 4 N–H and O–H groups in total. The lowest BCUT2D eigenvalue weighted by molar-refractivity contribution is -0.125. The highest BCUT2D eigenvalue weighted by Crippen LogP contribution is 1.97. The highest BCUT2D eigenvalue weighted by molar-refractivity contribution is 7.89. The van der Waals surface area contributed by atoms with Crippen LogP contribution < -0.4 is 10.5 Å². The van der Waals surface area contributed by atoms with Gasteiger partial charge in [0.05, 0.1) is 5.75 Å². The molecule has 0 aromatic rings. The van der Waals surface area contributed by atoms with Gasteiger partial charge in [-0.15, -0.1) is 0 Å². The number of aliphatic hydroxyl groups is 1. The van der Waals surface area contributed by atoms with Crippen LogP contribution in [0.3, 0.4) is 0 Å². The molecule has 6 nitrogen and oxygen atoms in total. The fraction of sp³-hybridized carbons (Fsp3) is 0.857. The zero-order chi connectivity index (χ0) is 11.4. The Balaban J connectivity index is 4.06. The Hall–Kier alpha value is -0.660. The van der Waals surface area contributed by atoms with Gasteiger partial charge in [0.25, 0.3) is 0 Å². The second kappa shape index (κ2) is 5.28. The predicted molar refractivity (Wildman–Crippen MR) is 51.8 cm³/mol. The smallest absolute Gasteiger partial charge is 0.247 e. The monoisotopic (exact) mass is 224 g/mol. The number of sulfonamides is 1. The van der Waals surface area contributed by atoms with Crippen molar-refractivity contribution < 1.29 is 18.3 Å². The van der Waals surface area contributed by atoms with E-state index in [-0.39, 0.29) is 18.2 Å². The number of hydrogen-bond donors (Lipinski definition) is 3. The number of hydrogen-bond acceptors (Lipinski definition) is 4. The van der Waals surface area contributed by atoms with Crippen molar-refractivity contribution in [3.63, 3.8) is 0 Å². The normalized spacial score (nSPS) is 14.3. The first-order valence-electron chi connectivity index (χ1n) is 4.19. The maximum absolute atomic E-state index is 11.2. The van der Waals surface area contributed by atoms with Crippen LogP contribution in [-0.2, 0) is 14.8 Å². The lowest BCUT2D eigenvalue weighted by Gasteiger charge is -2.10. The quantitative estimate of drug-likeness (QED) is 0.505. The molecule has 0 saturated carbocycles. The van der Waals surface area contributed by atoms with Gasteiger partial charge >= 0.3 is 0 Å². The van der Waals surface area contributed by atoms with Gasteiger partial charge < -0.3 is 10.8 Å². The standard InChI is InChI=1S/C7H16N2O4S/c1-5(2)4-14(12,13)9-3-6(10)7(8)11/h5-6,9-10H,3-4H2,1-2H3,(H2,8,11). The minimum absolute atomic E-state index is 0.0155. The molecule has 84 valence electrons. The number of nitrogens with one attached hydrogen (secondary N) is 1. The van der Waals surface area contributed by atoms with Crippen LogP contribution in [0.5, 0.6) is 0 Å². The Morgan fingerprint density at radius 2 is 2.00 bits per heavy atom. The zero-order valence-corrected chi connectivity index (χ0v) is 9.04. The third-order valence-electron chi connectivity index (χ3n) is 1.38. The molecular weight excluding hydrogens is 208 g/mol. The summed E-state index contributed by atoms with van der Waals surface area (Å²) in [6, 6.07) is 0. The van der Waals surface area contributed by atoms with Crippen molar-refractivity contribution in [3.8, 4) is 0 Å². The lowest BCUT2D eigenvalue weighted by Crippen LogP contribution is -2.41. The van der Waals surface area contributed by atoms with Crippen molar-refractivity contribution in [2.45, 2.75) is 20.0 Å². The molecule has 1 amide bonds. The first kappa shape index (κ1) is 13.3. The van der Waals surface area contributed by atoms with Crippen molar-refractivity contribution in [2.75, 3.05) is 12.3 Å². The Morgan fingerprint density at radius 3 is 2.36 bits per heavy atom. The average Bonchev–Trinajstić information content (AvgIpc) is 1.97. The van der Waals surface area contributed by atoms with E-state index in [1.165, 1.54) is 0 Å². The van der Waals surface area contributed by atoms with Crippen LogP contribution >= 0.6 is 0 Å². The van der Waals surface area contributed by atoms with E-state index in [1.807, 2.05) is 0 Å². The maximum Gasteiger partial charge on any atom is 0.247 e. The third kappa shape index (κ3) is 5.90. The molecule has 0 rings (SSSR count). The molecule has 0 fully saturated rings. The first-order chi connectivity index (χ1) is 6.24. The topological polar surface area (TPSA) is 109 Å². The molecule has 0 spiro atoms. The number of carbonyl (C=O) groups excluding carboxylic acids is 1. The molecule has 0 aliphatic heterocycles. The van der Waals surface area contributed by atoms with Gasteiger partial charge in [0.15, 0.2) is 0 Å². The summed E-state index contributed by atoms with van der Waals surface area (Å²) in [5.41, 5.74) is 4.74. The summed E-state index contributed by atoms with van der Waals surface area (Å²) in [7, 11) is -3.43. The van der Waals surface area contributed by atoms with Crippen LogP contribution in [-0.4, -0.2) is 37.8 Å². The van der Waals surface area contributed by atoms with E-state index in [0.29, 0.717) is 0 Å². The van der Waals surface area contributed by atoms with Crippen molar-refractivity contribution in [3.05, 3.63) is 0 Å². The highest BCUT2D eigenvalue weighted by Gasteiger charge is 2.17. The molecule has 0 aromatic carbocycles. The zero-order valence-electron chi connectivity index (χ0n) is 8.23. The van der Waals surface area contributed by atoms with Gasteiger partial charge in [-0.25, -0.2) is 13.1 Å². The molecule has 1 atom stereocenters. The van der Waals surface area contributed by atoms with Crippen molar-refractivity contribution in [1.82, 2.24) is 4.72 Å². The molecule has 1 unspecified atom stereocenters. The van der Waals surface area contributed by atoms with Gasteiger partial charge in [-0.05, 0) is 5.92 Å². The van der Waals surface area contributed by atoms with Crippen LogP contribution in [0.15, 0.2) is 0 Å². The van der Waals surface area contributed by atoms with Gasteiger partial charge in [-0.3, -0.25) is 4.79 Å². The first-order valence-corrected chi connectivity index (χ1v) is 5.84. The molecule has 0 heterocycles. The summed E-state index contributed by atoms with van der Waals surface area (Å²) in [6.07, 6.45) is -1.48. The maximum atomic E-state index is 11.2.